The average molecular weight is 235 g/mol. The molecular formula is C9H11ClO3S. The molecule has 1 heterocycles. The van der Waals surface area contributed by atoms with Gasteiger partial charge in [-0.2, -0.15) is 0 Å². The number of aldehydes is 1. The minimum Gasteiger partial charge on any atom is -0.390 e. The van der Waals surface area contributed by atoms with E-state index in [1.807, 2.05) is 0 Å². The van der Waals surface area contributed by atoms with Crippen LogP contribution in [0.5, 0.6) is 0 Å². The van der Waals surface area contributed by atoms with E-state index in [1.54, 1.807) is 11.4 Å². The first-order valence-electron chi connectivity index (χ1n) is 4.15. The Bertz CT molecular complexity index is 300. The first-order valence-corrected chi connectivity index (χ1v) is 5.56. The zero-order valence-corrected chi connectivity index (χ0v) is 8.96. The minimum atomic E-state index is -1.03. The molecular weight excluding hydrogens is 224 g/mol. The van der Waals surface area contributed by atoms with Crippen LogP contribution in [0.1, 0.15) is 27.8 Å². The number of rotatable bonds is 5. The van der Waals surface area contributed by atoms with Crippen molar-refractivity contribution in [2.45, 2.75) is 18.6 Å². The topological polar surface area (TPSA) is 57.5 Å². The van der Waals surface area contributed by atoms with Gasteiger partial charge >= 0.3 is 0 Å². The first-order chi connectivity index (χ1) is 6.70. The number of thiophene rings is 1. The molecule has 0 spiro atoms. The quantitative estimate of drug-likeness (QED) is 0.601. The third kappa shape index (κ3) is 2.54. The molecule has 2 N–H and O–H groups in total. The van der Waals surface area contributed by atoms with Crippen LogP contribution in [0.2, 0.25) is 0 Å². The molecule has 3 nitrogen and oxygen atoms in total. The summed E-state index contributed by atoms with van der Waals surface area (Å²) in [5.41, 5.74) is 0.475. The molecule has 14 heavy (non-hydrogen) atoms. The van der Waals surface area contributed by atoms with Gasteiger partial charge in [-0.15, -0.1) is 22.9 Å². The third-order valence-corrected chi connectivity index (χ3v) is 3.00. The summed E-state index contributed by atoms with van der Waals surface area (Å²) in [5.74, 6) is 0.277. The van der Waals surface area contributed by atoms with Crippen LogP contribution < -0.4 is 0 Å². The molecule has 78 valence electrons. The van der Waals surface area contributed by atoms with E-state index in [2.05, 4.69) is 0 Å². The summed E-state index contributed by atoms with van der Waals surface area (Å²) in [6, 6.07) is 1.64. The van der Waals surface area contributed by atoms with Gasteiger partial charge in [-0.3, -0.25) is 4.79 Å². The Hall–Kier alpha value is -0.420. The molecule has 0 fully saturated rings. The smallest absolute Gasteiger partial charge is 0.160 e. The Morgan fingerprint density at radius 3 is 2.86 bits per heavy atom. The molecule has 0 amide bonds. The normalized spacial score (nSPS) is 15.1. The summed E-state index contributed by atoms with van der Waals surface area (Å²) in [6.45, 7) is 0. The lowest BCUT2D eigenvalue weighted by molar-refractivity contribution is 0.0169. The van der Waals surface area contributed by atoms with E-state index in [0.29, 0.717) is 23.1 Å². The lowest BCUT2D eigenvalue weighted by atomic mass is 10.0. The molecule has 1 aromatic rings. The van der Waals surface area contributed by atoms with Gasteiger partial charge in [0.05, 0.1) is 11.0 Å². The van der Waals surface area contributed by atoms with Crippen LogP contribution in [0, 0.1) is 0 Å². The van der Waals surface area contributed by atoms with E-state index < -0.39 is 12.2 Å². The number of hydrogen-bond donors (Lipinski definition) is 2. The first kappa shape index (κ1) is 11.7. The standard InChI is InChI=1S/C9H11ClO3S/c10-3-1-7(12)9(13)6-2-4-14-8(6)5-11/h2,4-5,7,9,12-13H,1,3H2. The zero-order chi connectivity index (χ0) is 10.6. The highest BCUT2D eigenvalue weighted by atomic mass is 35.5. The third-order valence-electron chi connectivity index (χ3n) is 1.92. The van der Waals surface area contributed by atoms with Gasteiger partial charge in [-0.1, -0.05) is 0 Å². The lowest BCUT2D eigenvalue weighted by Crippen LogP contribution is -2.19. The Balaban J connectivity index is 2.77. The van der Waals surface area contributed by atoms with Crippen molar-refractivity contribution in [2.24, 2.45) is 0 Å². The van der Waals surface area contributed by atoms with Gasteiger partial charge in [0.2, 0.25) is 0 Å². The molecule has 0 aliphatic heterocycles. The largest absolute Gasteiger partial charge is 0.390 e. The molecule has 2 unspecified atom stereocenters. The molecule has 0 aliphatic rings. The van der Waals surface area contributed by atoms with Crippen LogP contribution in [0.4, 0.5) is 0 Å². The van der Waals surface area contributed by atoms with Crippen molar-refractivity contribution in [1.29, 1.82) is 0 Å². The van der Waals surface area contributed by atoms with E-state index in [9.17, 15) is 15.0 Å². The summed E-state index contributed by atoms with van der Waals surface area (Å²) in [7, 11) is 0. The molecule has 0 bridgehead atoms. The van der Waals surface area contributed by atoms with Gasteiger partial charge in [0.15, 0.2) is 6.29 Å². The van der Waals surface area contributed by atoms with E-state index >= 15 is 0 Å². The van der Waals surface area contributed by atoms with Crippen molar-refractivity contribution in [3.8, 4) is 0 Å². The van der Waals surface area contributed by atoms with Crippen molar-refractivity contribution in [1.82, 2.24) is 0 Å². The van der Waals surface area contributed by atoms with E-state index in [0.717, 1.165) is 0 Å². The number of alkyl halides is 1. The van der Waals surface area contributed by atoms with Crippen LogP contribution >= 0.6 is 22.9 Å². The van der Waals surface area contributed by atoms with E-state index in [-0.39, 0.29) is 5.88 Å². The highest BCUT2D eigenvalue weighted by molar-refractivity contribution is 7.11. The predicted molar refractivity (Wildman–Crippen MR) is 56.0 cm³/mol. The van der Waals surface area contributed by atoms with Gasteiger partial charge in [0.25, 0.3) is 0 Å². The summed E-state index contributed by atoms with van der Waals surface area (Å²) in [6.07, 6.45) is -0.964. The van der Waals surface area contributed by atoms with E-state index in [1.165, 1.54) is 11.3 Å². The fourth-order valence-corrected chi connectivity index (χ4v) is 2.11. The second-order valence-corrected chi connectivity index (χ2v) is 4.17. The molecule has 0 aromatic carbocycles. The monoisotopic (exact) mass is 234 g/mol. The second kappa shape index (κ2) is 5.46. The molecule has 1 rings (SSSR count). The Labute approximate surface area is 90.9 Å². The van der Waals surface area contributed by atoms with E-state index in [4.69, 9.17) is 11.6 Å². The van der Waals surface area contributed by atoms with Crippen LogP contribution in [0.15, 0.2) is 11.4 Å². The summed E-state index contributed by atoms with van der Waals surface area (Å²) >= 11 is 6.68. The van der Waals surface area contributed by atoms with Crippen molar-refractivity contribution < 1.29 is 15.0 Å². The molecule has 0 radical (unpaired) electrons. The Morgan fingerprint density at radius 1 is 1.57 bits per heavy atom. The van der Waals surface area contributed by atoms with Gasteiger partial charge < -0.3 is 10.2 Å². The zero-order valence-electron chi connectivity index (χ0n) is 7.39. The average Bonchev–Trinajstić information content (AvgIpc) is 2.64. The van der Waals surface area contributed by atoms with Crippen LogP contribution in [0.25, 0.3) is 0 Å². The van der Waals surface area contributed by atoms with Crippen molar-refractivity contribution in [3.05, 3.63) is 21.9 Å². The number of hydrogen-bond acceptors (Lipinski definition) is 4. The highest BCUT2D eigenvalue weighted by Crippen LogP contribution is 2.25. The van der Waals surface area contributed by atoms with Gasteiger partial charge in [-0.25, -0.2) is 0 Å². The molecule has 2 atom stereocenters. The maximum Gasteiger partial charge on any atom is 0.160 e. The maximum atomic E-state index is 10.6. The Kier molecular flexibility index (Phi) is 4.54. The summed E-state index contributed by atoms with van der Waals surface area (Å²) in [5, 5.41) is 20.8. The highest BCUT2D eigenvalue weighted by Gasteiger charge is 2.21. The predicted octanol–water partition coefficient (Wildman–Crippen LogP) is 1.58. The lowest BCUT2D eigenvalue weighted by Gasteiger charge is -2.16. The Morgan fingerprint density at radius 2 is 2.29 bits per heavy atom. The molecule has 0 saturated carbocycles. The molecule has 1 aromatic heterocycles. The van der Waals surface area contributed by atoms with Crippen molar-refractivity contribution in [3.63, 3.8) is 0 Å². The fourth-order valence-electron chi connectivity index (χ4n) is 1.15. The summed E-state index contributed by atoms with van der Waals surface area (Å²) < 4.78 is 0. The number of aliphatic hydroxyl groups excluding tert-OH is 2. The molecule has 5 heteroatoms. The van der Waals surface area contributed by atoms with Gasteiger partial charge in [0, 0.05) is 11.4 Å². The molecule has 0 aliphatic carbocycles. The van der Waals surface area contributed by atoms with Crippen LogP contribution in [-0.4, -0.2) is 28.5 Å². The number of aliphatic hydroxyl groups is 2. The van der Waals surface area contributed by atoms with Crippen molar-refractivity contribution in [2.75, 3.05) is 5.88 Å². The maximum absolute atomic E-state index is 10.6. The summed E-state index contributed by atoms with van der Waals surface area (Å²) in [4.78, 5) is 11.0. The molecule has 0 saturated heterocycles. The number of carbonyl (C=O) groups excluding carboxylic acids is 1. The van der Waals surface area contributed by atoms with Gasteiger partial charge in [-0.05, 0) is 17.9 Å². The van der Waals surface area contributed by atoms with Gasteiger partial charge in [0.1, 0.15) is 6.10 Å². The SMILES string of the molecule is O=Cc1sccc1C(O)C(O)CCCl. The van der Waals surface area contributed by atoms with Crippen LogP contribution in [0.3, 0.4) is 0 Å². The minimum absolute atomic E-state index is 0.277. The fraction of sp³-hybridized carbons (Fsp3) is 0.444. The van der Waals surface area contributed by atoms with Crippen molar-refractivity contribution >= 4 is 29.2 Å². The van der Waals surface area contributed by atoms with Crippen LogP contribution in [-0.2, 0) is 0 Å². The second-order valence-electron chi connectivity index (χ2n) is 2.85. The number of halogens is 1. The number of carbonyl (C=O) groups is 1.